The third-order valence-electron chi connectivity index (χ3n) is 3.38. The lowest BCUT2D eigenvalue weighted by Gasteiger charge is -2.24. The molecule has 2 aromatic carbocycles. The zero-order chi connectivity index (χ0) is 15.1. The average molecular weight is 278 g/mol. The molecule has 0 heterocycles. The van der Waals surface area contributed by atoms with Crippen LogP contribution < -0.4 is 10.2 Å². The number of hydrogen-bond acceptors (Lipinski definition) is 2. The Hall–Kier alpha value is -2.48. The second kappa shape index (κ2) is 7.34. The summed E-state index contributed by atoms with van der Waals surface area (Å²) in [6.45, 7) is 13.8. The summed E-state index contributed by atoms with van der Waals surface area (Å²) in [5.74, 6) is 0. The molecule has 0 aliphatic heterocycles. The van der Waals surface area contributed by atoms with E-state index < -0.39 is 0 Å². The van der Waals surface area contributed by atoms with Crippen molar-refractivity contribution in [2.24, 2.45) is 0 Å². The first-order valence-corrected chi connectivity index (χ1v) is 7.15. The summed E-state index contributed by atoms with van der Waals surface area (Å²) in [7, 11) is 0. The van der Waals surface area contributed by atoms with E-state index in [1.165, 1.54) is 16.5 Å². The zero-order valence-electron chi connectivity index (χ0n) is 12.4. The molecule has 0 spiro atoms. The molecule has 0 fully saturated rings. The molecule has 108 valence electrons. The van der Waals surface area contributed by atoms with E-state index in [2.05, 4.69) is 66.4 Å². The molecule has 0 amide bonds. The van der Waals surface area contributed by atoms with E-state index in [1.807, 2.05) is 18.2 Å². The minimum Gasteiger partial charge on any atom is -0.381 e. The van der Waals surface area contributed by atoms with Crippen LogP contribution in [0.5, 0.6) is 0 Å². The fourth-order valence-electron chi connectivity index (χ4n) is 2.49. The van der Waals surface area contributed by atoms with E-state index in [0.29, 0.717) is 0 Å². The van der Waals surface area contributed by atoms with Crippen LogP contribution in [-0.4, -0.2) is 19.6 Å². The van der Waals surface area contributed by atoms with Gasteiger partial charge in [-0.15, -0.1) is 19.7 Å². The molecule has 2 heteroatoms. The third-order valence-corrected chi connectivity index (χ3v) is 3.38. The van der Waals surface area contributed by atoms with Crippen LogP contribution in [0.2, 0.25) is 0 Å². The summed E-state index contributed by atoms with van der Waals surface area (Å²) in [4.78, 5) is 2.26. The van der Waals surface area contributed by atoms with Crippen molar-refractivity contribution in [1.82, 2.24) is 0 Å². The maximum atomic E-state index is 3.85. The van der Waals surface area contributed by atoms with Crippen molar-refractivity contribution in [2.75, 3.05) is 29.9 Å². The average Bonchev–Trinajstić information content (AvgIpc) is 2.52. The third kappa shape index (κ3) is 3.34. The highest BCUT2D eigenvalue weighted by Gasteiger charge is 2.09. The van der Waals surface area contributed by atoms with Gasteiger partial charge in [0.05, 0.1) is 0 Å². The lowest BCUT2D eigenvalue weighted by molar-refractivity contribution is 0.963. The molecule has 1 N–H and O–H groups in total. The van der Waals surface area contributed by atoms with E-state index in [1.54, 1.807) is 0 Å². The van der Waals surface area contributed by atoms with E-state index in [0.717, 1.165) is 25.3 Å². The van der Waals surface area contributed by atoms with E-state index in [4.69, 9.17) is 0 Å². The molecule has 2 nitrogen and oxygen atoms in total. The fraction of sp³-hybridized carbons (Fsp3) is 0.158. The Labute approximate surface area is 127 Å². The molecule has 0 radical (unpaired) electrons. The molecule has 0 aliphatic carbocycles. The summed E-state index contributed by atoms with van der Waals surface area (Å²) in [6.07, 6.45) is 5.70. The summed E-state index contributed by atoms with van der Waals surface area (Å²) in [6, 6.07) is 12.7. The first-order chi connectivity index (χ1) is 10.3. The fourth-order valence-corrected chi connectivity index (χ4v) is 2.49. The Morgan fingerprint density at radius 1 is 0.857 bits per heavy atom. The van der Waals surface area contributed by atoms with Gasteiger partial charge in [0, 0.05) is 41.8 Å². The molecule has 0 aliphatic rings. The van der Waals surface area contributed by atoms with E-state index in [9.17, 15) is 0 Å². The smallest absolute Gasteiger partial charge is 0.0452 e. The van der Waals surface area contributed by atoms with Crippen molar-refractivity contribution in [2.45, 2.75) is 0 Å². The Morgan fingerprint density at radius 3 is 2.19 bits per heavy atom. The molecule has 0 aromatic heterocycles. The number of rotatable bonds is 8. The predicted octanol–water partition coefficient (Wildman–Crippen LogP) is 4.62. The Bertz CT molecular complexity index is 633. The van der Waals surface area contributed by atoms with Gasteiger partial charge in [0.15, 0.2) is 0 Å². The largest absolute Gasteiger partial charge is 0.381 e. The van der Waals surface area contributed by atoms with Crippen LogP contribution in [0.1, 0.15) is 0 Å². The van der Waals surface area contributed by atoms with Crippen molar-refractivity contribution < 1.29 is 0 Å². The van der Waals surface area contributed by atoms with Crippen molar-refractivity contribution in [3.8, 4) is 0 Å². The van der Waals surface area contributed by atoms with Crippen molar-refractivity contribution in [3.05, 3.63) is 74.4 Å². The Morgan fingerprint density at radius 2 is 1.52 bits per heavy atom. The molecule has 0 bridgehead atoms. The monoisotopic (exact) mass is 278 g/mol. The highest BCUT2D eigenvalue weighted by molar-refractivity contribution is 6.01. The van der Waals surface area contributed by atoms with Gasteiger partial charge in [-0.3, -0.25) is 0 Å². The highest BCUT2D eigenvalue weighted by Crippen LogP contribution is 2.31. The van der Waals surface area contributed by atoms with Gasteiger partial charge < -0.3 is 10.2 Å². The van der Waals surface area contributed by atoms with Crippen LogP contribution in [-0.2, 0) is 0 Å². The number of anilines is 2. The number of hydrogen-bond donors (Lipinski definition) is 1. The molecule has 2 rings (SSSR count). The molecule has 21 heavy (non-hydrogen) atoms. The number of nitrogens with one attached hydrogen (secondary N) is 1. The SMILES string of the molecule is C=CCNc1cccc2c(N(CC=C)CC=C)cccc12. The standard InChI is InChI=1S/C19H22N2/c1-4-13-20-18-11-7-10-17-16(18)9-8-12-19(17)21(14-5-2)15-6-3/h4-12,20H,1-3,13-15H2. The van der Waals surface area contributed by atoms with Gasteiger partial charge in [-0.2, -0.15) is 0 Å². The zero-order valence-corrected chi connectivity index (χ0v) is 12.4. The van der Waals surface area contributed by atoms with Gasteiger partial charge in [-0.05, 0) is 12.1 Å². The second-order valence-corrected chi connectivity index (χ2v) is 4.83. The first-order valence-electron chi connectivity index (χ1n) is 7.15. The normalized spacial score (nSPS) is 10.1. The molecular formula is C19H22N2. The van der Waals surface area contributed by atoms with Gasteiger partial charge in [-0.25, -0.2) is 0 Å². The second-order valence-electron chi connectivity index (χ2n) is 4.83. The molecule has 0 saturated carbocycles. The van der Waals surface area contributed by atoms with Crippen molar-refractivity contribution in [1.29, 1.82) is 0 Å². The van der Waals surface area contributed by atoms with Crippen molar-refractivity contribution in [3.63, 3.8) is 0 Å². The van der Waals surface area contributed by atoms with Crippen LogP contribution in [0.3, 0.4) is 0 Å². The van der Waals surface area contributed by atoms with Crippen molar-refractivity contribution >= 4 is 22.1 Å². The van der Waals surface area contributed by atoms with Gasteiger partial charge in [0.2, 0.25) is 0 Å². The topological polar surface area (TPSA) is 15.3 Å². The maximum Gasteiger partial charge on any atom is 0.0452 e. The molecule has 0 atom stereocenters. The molecular weight excluding hydrogens is 256 g/mol. The van der Waals surface area contributed by atoms with Gasteiger partial charge in [0.1, 0.15) is 0 Å². The minimum absolute atomic E-state index is 0.756. The quantitative estimate of drug-likeness (QED) is 0.709. The van der Waals surface area contributed by atoms with Crippen LogP contribution in [0.4, 0.5) is 11.4 Å². The van der Waals surface area contributed by atoms with Crippen LogP contribution in [0, 0.1) is 0 Å². The Kier molecular flexibility index (Phi) is 5.22. The minimum atomic E-state index is 0.756. The number of nitrogens with zero attached hydrogens (tertiary/aromatic N) is 1. The van der Waals surface area contributed by atoms with Gasteiger partial charge in [-0.1, -0.05) is 42.5 Å². The van der Waals surface area contributed by atoms with Gasteiger partial charge >= 0.3 is 0 Å². The Balaban J connectivity index is 2.51. The molecule has 0 saturated heterocycles. The van der Waals surface area contributed by atoms with Crippen LogP contribution in [0.15, 0.2) is 74.4 Å². The summed E-state index contributed by atoms with van der Waals surface area (Å²) >= 11 is 0. The lowest BCUT2D eigenvalue weighted by atomic mass is 10.1. The number of benzene rings is 2. The van der Waals surface area contributed by atoms with Gasteiger partial charge in [0.25, 0.3) is 0 Å². The lowest BCUT2D eigenvalue weighted by Crippen LogP contribution is -2.23. The molecule has 2 aromatic rings. The van der Waals surface area contributed by atoms with Crippen LogP contribution in [0.25, 0.3) is 10.8 Å². The van der Waals surface area contributed by atoms with E-state index >= 15 is 0 Å². The predicted molar refractivity (Wildman–Crippen MR) is 95.2 cm³/mol. The van der Waals surface area contributed by atoms with Crippen LogP contribution >= 0.6 is 0 Å². The summed E-state index contributed by atoms with van der Waals surface area (Å²) in [5.41, 5.74) is 2.33. The first kappa shape index (κ1) is 14.9. The highest BCUT2D eigenvalue weighted by atomic mass is 15.1. The molecule has 0 unspecified atom stereocenters. The maximum absolute atomic E-state index is 3.85. The summed E-state index contributed by atoms with van der Waals surface area (Å²) < 4.78 is 0. The number of fused-ring (bicyclic) bond motifs is 1. The summed E-state index contributed by atoms with van der Waals surface area (Å²) in [5, 5.41) is 5.84. The van der Waals surface area contributed by atoms with E-state index in [-0.39, 0.29) is 0 Å².